The average Bonchev–Trinajstić information content (AvgIpc) is 3.14. The lowest BCUT2D eigenvalue weighted by Gasteiger charge is -2.19. The van der Waals surface area contributed by atoms with E-state index in [1.807, 2.05) is 32.1 Å². The van der Waals surface area contributed by atoms with Gasteiger partial charge in [0.25, 0.3) is 11.8 Å². The topological polar surface area (TPSA) is 95.6 Å². The Kier molecular flexibility index (Phi) is 6.44. The van der Waals surface area contributed by atoms with Crippen LogP contribution in [0.3, 0.4) is 0 Å². The van der Waals surface area contributed by atoms with Gasteiger partial charge in [-0.1, -0.05) is 41.5 Å². The Morgan fingerprint density at radius 3 is 2.03 bits per heavy atom. The lowest BCUT2D eigenvalue weighted by molar-refractivity contribution is -0.122. The number of imide groups is 1. The van der Waals surface area contributed by atoms with Crippen LogP contribution in [0.15, 0.2) is 84.4 Å². The molecule has 7 heteroatoms. The fourth-order valence-corrected chi connectivity index (χ4v) is 4.88. The van der Waals surface area contributed by atoms with Crippen LogP contribution >= 0.6 is 0 Å². The van der Waals surface area contributed by atoms with Crippen molar-refractivity contribution < 1.29 is 19.2 Å². The lowest BCUT2D eigenvalue weighted by atomic mass is 9.82. The molecule has 1 saturated heterocycles. The van der Waals surface area contributed by atoms with E-state index in [1.54, 1.807) is 60.7 Å². The van der Waals surface area contributed by atoms with Crippen LogP contribution in [0.25, 0.3) is 0 Å². The highest BCUT2D eigenvalue weighted by molar-refractivity contribution is 6.25. The van der Waals surface area contributed by atoms with Crippen molar-refractivity contribution >= 4 is 40.7 Å². The molecule has 2 atom stereocenters. The number of fused-ring (bicyclic) bond motifs is 1. The highest BCUT2D eigenvalue weighted by Gasteiger charge is 2.49. The zero-order valence-corrected chi connectivity index (χ0v) is 20.7. The van der Waals surface area contributed by atoms with Gasteiger partial charge in [-0.15, -0.1) is 0 Å². The van der Waals surface area contributed by atoms with Crippen LogP contribution in [-0.2, 0) is 9.59 Å². The number of amides is 4. The van der Waals surface area contributed by atoms with Gasteiger partial charge < -0.3 is 10.6 Å². The van der Waals surface area contributed by atoms with Crippen molar-refractivity contribution in [1.82, 2.24) is 0 Å². The van der Waals surface area contributed by atoms with Gasteiger partial charge in [-0.2, -0.15) is 0 Å². The molecule has 0 saturated carbocycles. The number of aryl methyl sites for hydroxylation is 1. The van der Waals surface area contributed by atoms with Crippen LogP contribution in [0.2, 0.25) is 0 Å². The second kappa shape index (κ2) is 9.85. The molecule has 0 radical (unpaired) electrons. The third kappa shape index (κ3) is 4.80. The van der Waals surface area contributed by atoms with Crippen molar-refractivity contribution in [1.29, 1.82) is 0 Å². The molecule has 3 aromatic rings. The second-order valence-corrected chi connectivity index (χ2v) is 9.58. The predicted molar refractivity (Wildman–Crippen MR) is 142 cm³/mol. The van der Waals surface area contributed by atoms with Crippen molar-refractivity contribution in [2.75, 3.05) is 15.5 Å². The van der Waals surface area contributed by atoms with E-state index in [4.69, 9.17) is 0 Å². The molecular weight excluding hydrogens is 466 g/mol. The minimum Gasteiger partial charge on any atom is -0.322 e. The first kappa shape index (κ1) is 24.2. The number of nitrogens with one attached hydrogen (secondary N) is 2. The molecule has 2 aliphatic rings. The van der Waals surface area contributed by atoms with Crippen LogP contribution in [0.5, 0.6) is 0 Å². The smallest absolute Gasteiger partial charge is 0.257 e. The number of benzene rings is 3. The Labute approximate surface area is 215 Å². The summed E-state index contributed by atoms with van der Waals surface area (Å²) in [4.78, 5) is 53.2. The molecular formula is C30H27N3O4. The lowest BCUT2D eigenvalue weighted by Crippen LogP contribution is -2.33. The molecule has 186 valence electrons. The number of allylic oxidation sites excluding steroid dienone is 2. The zero-order chi connectivity index (χ0) is 26.1. The maximum atomic E-state index is 13.2. The van der Waals surface area contributed by atoms with Crippen LogP contribution < -0.4 is 15.5 Å². The Morgan fingerprint density at radius 2 is 1.35 bits per heavy atom. The molecule has 1 fully saturated rings. The first-order valence-electron chi connectivity index (χ1n) is 12.2. The maximum absolute atomic E-state index is 13.2. The molecule has 0 aromatic heterocycles. The molecule has 1 aliphatic carbocycles. The number of hydrogen-bond acceptors (Lipinski definition) is 4. The molecule has 1 aliphatic heterocycles. The summed E-state index contributed by atoms with van der Waals surface area (Å²) in [5, 5.41) is 5.66. The van der Waals surface area contributed by atoms with Crippen molar-refractivity contribution in [2.45, 2.75) is 26.7 Å². The molecule has 0 spiro atoms. The quantitative estimate of drug-likeness (QED) is 0.370. The summed E-state index contributed by atoms with van der Waals surface area (Å²) in [7, 11) is 0. The maximum Gasteiger partial charge on any atom is 0.257 e. The number of para-hydroxylation sites is 1. The summed E-state index contributed by atoms with van der Waals surface area (Å²) in [5.74, 6) is -1.93. The minimum atomic E-state index is -0.434. The number of nitrogens with zero attached hydrogens (tertiary/aromatic N) is 1. The van der Waals surface area contributed by atoms with Gasteiger partial charge in [0.1, 0.15) is 0 Å². The fraction of sp³-hybridized carbons (Fsp3) is 0.200. The largest absolute Gasteiger partial charge is 0.322 e. The number of anilines is 3. The van der Waals surface area contributed by atoms with Crippen molar-refractivity contribution in [3.8, 4) is 0 Å². The highest BCUT2D eigenvalue weighted by Crippen LogP contribution is 2.40. The van der Waals surface area contributed by atoms with Crippen LogP contribution in [0.1, 0.15) is 46.0 Å². The number of hydrogen-bond donors (Lipinski definition) is 2. The summed E-state index contributed by atoms with van der Waals surface area (Å²) in [5.41, 5.74) is 4.37. The minimum absolute atomic E-state index is 0.225. The first-order valence-corrected chi connectivity index (χ1v) is 12.2. The molecule has 5 rings (SSSR count). The van der Waals surface area contributed by atoms with E-state index < -0.39 is 5.91 Å². The van der Waals surface area contributed by atoms with Gasteiger partial charge in [-0.25, -0.2) is 4.90 Å². The summed E-state index contributed by atoms with van der Waals surface area (Å²) >= 11 is 0. The van der Waals surface area contributed by atoms with E-state index in [0.717, 1.165) is 11.1 Å². The fourth-order valence-electron chi connectivity index (χ4n) is 4.88. The zero-order valence-electron chi connectivity index (χ0n) is 20.7. The van der Waals surface area contributed by atoms with Crippen molar-refractivity contribution in [2.24, 2.45) is 11.8 Å². The van der Waals surface area contributed by atoms with E-state index in [1.165, 1.54) is 4.90 Å². The summed E-state index contributed by atoms with van der Waals surface area (Å²) in [6, 6.07) is 20.7. The third-order valence-corrected chi connectivity index (χ3v) is 6.93. The number of rotatable bonds is 5. The summed E-state index contributed by atoms with van der Waals surface area (Å²) in [6.07, 6.45) is 3.12. The van der Waals surface area contributed by atoms with Gasteiger partial charge >= 0.3 is 0 Å². The van der Waals surface area contributed by atoms with Gasteiger partial charge in [-0.3, -0.25) is 19.2 Å². The Balaban J connectivity index is 1.30. The average molecular weight is 494 g/mol. The normalized spacial score (nSPS) is 18.8. The second-order valence-electron chi connectivity index (χ2n) is 9.58. The van der Waals surface area contributed by atoms with Crippen molar-refractivity contribution in [3.63, 3.8) is 0 Å². The van der Waals surface area contributed by atoms with Gasteiger partial charge in [0.2, 0.25) is 11.8 Å². The van der Waals surface area contributed by atoms with Gasteiger partial charge in [0.15, 0.2) is 0 Å². The number of carbonyl (C=O) groups is 4. The van der Waals surface area contributed by atoms with Gasteiger partial charge in [0, 0.05) is 16.9 Å². The Hall–Kier alpha value is -4.52. The standard InChI is InChI=1S/C30H27N3O4/c1-18-7-10-20(11-8-18)27(34)31-21-12-14-22(15-13-21)32-28(35)24-5-3-4-6-26(24)33-29(36)23-16-9-19(2)17-25(23)30(33)37/h3-15,23,25H,16-17H2,1-2H3,(H,31,34)(H,32,35)/t23-,25-/m0/s1. The van der Waals surface area contributed by atoms with E-state index in [2.05, 4.69) is 10.6 Å². The highest BCUT2D eigenvalue weighted by atomic mass is 16.2. The van der Waals surface area contributed by atoms with Crippen LogP contribution in [-0.4, -0.2) is 23.6 Å². The summed E-state index contributed by atoms with van der Waals surface area (Å²) < 4.78 is 0. The molecule has 2 N–H and O–H groups in total. The monoisotopic (exact) mass is 493 g/mol. The van der Waals surface area contributed by atoms with Crippen LogP contribution in [0.4, 0.5) is 17.1 Å². The number of carbonyl (C=O) groups excluding carboxylic acids is 4. The van der Waals surface area contributed by atoms with E-state index >= 15 is 0 Å². The van der Waals surface area contributed by atoms with E-state index in [9.17, 15) is 19.2 Å². The Bertz CT molecular complexity index is 1420. The first-order chi connectivity index (χ1) is 17.8. The summed E-state index contributed by atoms with van der Waals surface area (Å²) in [6.45, 7) is 3.93. The molecule has 4 amide bonds. The molecule has 7 nitrogen and oxygen atoms in total. The van der Waals surface area contributed by atoms with Crippen molar-refractivity contribution in [3.05, 3.63) is 101 Å². The predicted octanol–water partition coefficient (Wildman–Crippen LogP) is 5.35. The Morgan fingerprint density at radius 1 is 0.757 bits per heavy atom. The SMILES string of the molecule is CC1=CC[C@@H]2C(=O)N(c3ccccc3C(=O)Nc3ccc(NC(=O)c4ccc(C)cc4)cc3)C(=O)[C@H]2C1. The van der Waals surface area contributed by atoms with E-state index in [0.29, 0.717) is 35.5 Å². The molecule has 0 bridgehead atoms. The molecule has 1 heterocycles. The molecule has 37 heavy (non-hydrogen) atoms. The van der Waals surface area contributed by atoms with Gasteiger partial charge in [0.05, 0.1) is 23.1 Å². The van der Waals surface area contributed by atoms with Gasteiger partial charge in [-0.05, 0) is 75.2 Å². The van der Waals surface area contributed by atoms with Crippen LogP contribution in [0, 0.1) is 18.8 Å². The third-order valence-electron chi connectivity index (χ3n) is 6.93. The molecule has 3 aromatic carbocycles. The molecule has 0 unspecified atom stereocenters. The van der Waals surface area contributed by atoms with E-state index in [-0.39, 0.29) is 35.1 Å².